The van der Waals surface area contributed by atoms with E-state index in [4.69, 9.17) is 17.4 Å². The molecule has 10 heteroatoms. The smallest absolute Gasteiger partial charge is 0.239 e. The summed E-state index contributed by atoms with van der Waals surface area (Å²) in [7, 11) is -3.76. The third-order valence-electron chi connectivity index (χ3n) is 2.60. The summed E-state index contributed by atoms with van der Waals surface area (Å²) in [4.78, 5) is 23.2. The largest absolute Gasteiger partial charge is 0.326 e. The Morgan fingerprint density at radius 2 is 2.00 bits per heavy atom. The highest BCUT2D eigenvalue weighted by Gasteiger charge is 2.30. The summed E-state index contributed by atoms with van der Waals surface area (Å²) in [5.74, 6) is -0.652. The molecule has 1 aliphatic rings. The molecule has 0 aromatic heterocycles. The van der Waals surface area contributed by atoms with Crippen LogP contribution in [0.4, 0.5) is 5.69 Å². The van der Waals surface area contributed by atoms with Gasteiger partial charge < -0.3 is 10.6 Å². The van der Waals surface area contributed by atoms with E-state index in [1.54, 1.807) is 0 Å². The standard InChI is InChI=1S/C11H11N3O4S3/c12-21(17,18)7-3-1-6(2-4-7)13-9(15)5-8-10(16)14-11(19)20-8/h1-4,8H,5H2,(H,13,15)(H2,12,17,18)(H,14,16,19)/t8-/m1/s1. The molecule has 112 valence electrons. The van der Waals surface area contributed by atoms with Gasteiger partial charge in [-0.15, -0.1) is 0 Å². The van der Waals surface area contributed by atoms with E-state index >= 15 is 0 Å². The minimum absolute atomic E-state index is 0.0203. The normalized spacial score (nSPS) is 18.4. The second-order valence-corrected chi connectivity index (χ2v) is 7.65. The number of thioether (sulfide) groups is 1. The molecular formula is C11H11N3O4S3. The summed E-state index contributed by atoms with van der Waals surface area (Å²) >= 11 is 5.97. The van der Waals surface area contributed by atoms with Crippen molar-refractivity contribution in [1.29, 1.82) is 0 Å². The van der Waals surface area contributed by atoms with Crippen LogP contribution in [0.3, 0.4) is 0 Å². The lowest BCUT2D eigenvalue weighted by atomic mass is 10.2. The minimum atomic E-state index is -3.76. The second-order valence-electron chi connectivity index (χ2n) is 4.20. The number of amides is 2. The maximum absolute atomic E-state index is 11.8. The highest BCUT2D eigenvalue weighted by Crippen LogP contribution is 2.23. The molecule has 1 saturated heterocycles. The van der Waals surface area contributed by atoms with Gasteiger partial charge in [-0.2, -0.15) is 0 Å². The van der Waals surface area contributed by atoms with Gasteiger partial charge in [0.25, 0.3) is 0 Å². The molecule has 1 fully saturated rings. The number of carbonyl (C=O) groups is 2. The Morgan fingerprint density at radius 1 is 1.38 bits per heavy atom. The number of hydrogen-bond acceptors (Lipinski definition) is 6. The number of hydrogen-bond donors (Lipinski definition) is 3. The lowest BCUT2D eigenvalue weighted by molar-refractivity contribution is -0.122. The maximum atomic E-state index is 11.8. The fourth-order valence-corrected chi connectivity index (χ4v) is 3.42. The first-order valence-corrected chi connectivity index (χ1v) is 8.53. The molecule has 2 rings (SSSR count). The molecule has 1 heterocycles. The molecule has 4 N–H and O–H groups in total. The molecule has 0 spiro atoms. The quantitative estimate of drug-likeness (QED) is 0.670. The van der Waals surface area contributed by atoms with Gasteiger partial charge in [0, 0.05) is 12.1 Å². The number of benzene rings is 1. The van der Waals surface area contributed by atoms with Crippen LogP contribution in [-0.2, 0) is 19.6 Å². The third kappa shape index (κ3) is 4.24. The van der Waals surface area contributed by atoms with Gasteiger partial charge >= 0.3 is 0 Å². The zero-order chi connectivity index (χ0) is 15.6. The topological polar surface area (TPSA) is 118 Å². The van der Waals surface area contributed by atoms with E-state index < -0.39 is 15.3 Å². The molecule has 0 radical (unpaired) electrons. The number of carbonyl (C=O) groups excluding carboxylic acids is 2. The molecule has 0 unspecified atom stereocenters. The highest BCUT2D eigenvalue weighted by atomic mass is 32.2. The van der Waals surface area contributed by atoms with E-state index in [0.717, 1.165) is 11.8 Å². The van der Waals surface area contributed by atoms with E-state index in [2.05, 4.69) is 10.6 Å². The summed E-state index contributed by atoms with van der Waals surface area (Å²) < 4.78 is 22.5. The van der Waals surface area contributed by atoms with Crippen LogP contribution in [0.25, 0.3) is 0 Å². The van der Waals surface area contributed by atoms with Crippen LogP contribution in [0.15, 0.2) is 29.2 Å². The van der Waals surface area contributed by atoms with Crippen molar-refractivity contribution < 1.29 is 18.0 Å². The summed E-state index contributed by atoms with van der Waals surface area (Å²) in [6.07, 6.45) is -0.0203. The number of nitrogens with two attached hydrogens (primary N) is 1. The van der Waals surface area contributed by atoms with Crippen LogP contribution < -0.4 is 15.8 Å². The molecule has 1 aromatic carbocycles. The van der Waals surface area contributed by atoms with Gasteiger partial charge in [0.15, 0.2) is 0 Å². The van der Waals surface area contributed by atoms with Crippen molar-refractivity contribution in [3.8, 4) is 0 Å². The average Bonchev–Trinajstić information content (AvgIpc) is 2.67. The van der Waals surface area contributed by atoms with Crippen LogP contribution >= 0.6 is 24.0 Å². The molecule has 0 aliphatic carbocycles. The average molecular weight is 345 g/mol. The number of anilines is 1. The van der Waals surface area contributed by atoms with Crippen molar-refractivity contribution in [1.82, 2.24) is 5.32 Å². The van der Waals surface area contributed by atoms with Gasteiger partial charge in [-0.05, 0) is 24.3 Å². The van der Waals surface area contributed by atoms with Crippen LogP contribution in [0.2, 0.25) is 0 Å². The molecule has 0 saturated carbocycles. The van der Waals surface area contributed by atoms with Crippen LogP contribution in [0, 0.1) is 0 Å². The van der Waals surface area contributed by atoms with Gasteiger partial charge in [0.1, 0.15) is 4.32 Å². The Kier molecular flexibility index (Phi) is 4.61. The molecule has 1 atom stereocenters. The van der Waals surface area contributed by atoms with E-state index in [-0.39, 0.29) is 23.1 Å². The molecule has 21 heavy (non-hydrogen) atoms. The zero-order valence-electron chi connectivity index (χ0n) is 10.5. The molecule has 0 bridgehead atoms. The zero-order valence-corrected chi connectivity index (χ0v) is 13.0. The lowest BCUT2D eigenvalue weighted by Gasteiger charge is -2.08. The molecule has 2 amide bonds. The fraction of sp³-hybridized carbons (Fsp3) is 0.182. The van der Waals surface area contributed by atoms with Crippen LogP contribution in [0.5, 0.6) is 0 Å². The van der Waals surface area contributed by atoms with Crippen molar-refractivity contribution in [2.75, 3.05) is 5.32 Å². The lowest BCUT2D eigenvalue weighted by Crippen LogP contribution is -2.27. The van der Waals surface area contributed by atoms with Gasteiger partial charge in [-0.1, -0.05) is 24.0 Å². The van der Waals surface area contributed by atoms with E-state index in [1.165, 1.54) is 24.3 Å². The number of primary sulfonamides is 1. The van der Waals surface area contributed by atoms with Gasteiger partial charge in [-0.3, -0.25) is 9.59 Å². The number of nitrogens with one attached hydrogen (secondary N) is 2. The first-order chi connectivity index (χ1) is 9.75. The monoisotopic (exact) mass is 345 g/mol. The van der Waals surface area contributed by atoms with Gasteiger partial charge in [-0.25, -0.2) is 13.6 Å². The predicted octanol–water partition coefficient (Wildman–Crippen LogP) is 0.179. The van der Waals surface area contributed by atoms with Crippen molar-refractivity contribution in [2.24, 2.45) is 5.14 Å². The molecule has 1 aliphatic heterocycles. The third-order valence-corrected chi connectivity index (χ3v) is 4.91. The molecular weight excluding hydrogens is 334 g/mol. The molecule has 7 nitrogen and oxygen atoms in total. The van der Waals surface area contributed by atoms with Crippen molar-refractivity contribution in [3.05, 3.63) is 24.3 Å². The first kappa shape index (κ1) is 15.9. The number of sulfonamides is 1. The van der Waals surface area contributed by atoms with Crippen molar-refractivity contribution in [3.63, 3.8) is 0 Å². The Labute approximate surface area is 130 Å². The number of thiocarbonyl (C=S) groups is 1. The minimum Gasteiger partial charge on any atom is -0.326 e. The van der Waals surface area contributed by atoms with Gasteiger partial charge in [0.05, 0.1) is 10.1 Å². The van der Waals surface area contributed by atoms with Crippen molar-refractivity contribution >= 4 is 55.8 Å². The van der Waals surface area contributed by atoms with E-state index in [9.17, 15) is 18.0 Å². The van der Waals surface area contributed by atoms with Crippen LogP contribution in [0.1, 0.15) is 6.42 Å². The SMILES string of the molecule is NS(=O)(=O)c1ccc(NC(=O)C[C@H]2SC(=S)NC2=O)cc1. The summed E-state index contributed by atoms with van der Waals surface area (Å²) in [6, 6.07) is 5.42. The van der Waals surface area contributed by atoms with E-state index in [0.29, 0.717) is 10.0 Å². The Balaban J connectivity index is 1.97. The predicted molar refractivity (Wildman–Crippen MR) is 83.2 cm³/mol. The maximum Gasteiger partial charge on any atom is 0.239 e. The summed E-state index contributed by atoms with van der Waals surface area (Å²) in [5.41, 5.74) is 0.415. The Bertz CT molecular complexity index is 700. The second kappa shape index (κ2) is 6.10. The number of rotatable bonds is 4. The summed E-state index contributed by atoms with van der Waals surface area (Å²) in [6.45, 7) is 0. The highest BCUT2D eigenvalue weighted by molar-refractivity contribution is 8.24. The fourth-order valence-electron chi connectivity index (χ4n) is 1.64. The summed E-state index contributed by atoms with van der Waals surface area (Å²) in [5, 5.41) is 9.46. The first-order valence-electron chi connectivity index (χ1n) is 5.70. The van der Waals surface area contributed by atoms with Crippen LogP contribution in [-0.4, -0.2) is 29.8 Å². The van der Waals surface area contributed by atoms with Crippen molar-refractivity contribution in [2.45, 2.75) is 16.6 Å². The van der Waals surface area contributed by atoms with E-state index in [1.807, 2.05) is 0 Å². The Hall–Kier alpha value is -1.49. The van der Waals surface area contributed by atoms with Gasteiger partial charge in [0.2, 0.25) is 21.8 Å². The Morgan fingerprint density at radius 3 is 2.48 bits per heavy atom. The molecule has 1 aromatic rings.